The molecule has 0 radical (unpaired) electrons. The summed E-state index contributed by atoms with van der Waals surface area (Å²) in [6.07, 6.45) is -0.196. The number of nitrogens with one attached hydrogen (secondary N) is 1. The van der Waals surface area contributed by atoms with Gasteiger partial charge < -0.3 is 10.1 Å². The van der Waals surface area contributed by atoms with Gasteiger partial charge in [-0.1, -0.05) is 0 Å². The summed E-state index contributed by atoms with van der Waals surface area (Å²) in [7, 11) is 0. The van der Waals surface area contributed by atoms with Crippen molar-refractivity contribution in [2.75, 3.05) is 18.5 Å². The highest BCUT2D eigenvalue weighted by Gasteiger charge is 2.20. The van der Waals surface area contributed by atoms with E-state index in [1.54, 1.807) is 6.92 Å². The van der Waals surface area contributed by atoms with Gasteiger partial charge in [0.1, 0.15) is 5.69 Å². The van der Waals surface area contributed by atoms with Crippen LogP contribution in [0.25, 0.3) is 0 Å². The zero-order valence-electron chi connectivity index (χ0n) is 9.40. The molecule has 0 fully saturated rings. The summed E-state index contributed by atoms with van der Waals surface area (Å²) in [5.74, 6) is -7.39. The van der Waals surface area contributed by atoms with Gasteiger partial charge in [0.2, 0.25) is 11.6 Å². The second-order valence-electron chi connectivity index (χ2n) is 3.18. The molecule has 0 amide bonds. The molecular formula is C10H10F4N2O2. The van der Waals surface area contributed by atoms with Crippen LogP contribution in [-0.4, -0.2) is 24.1 Å². The predicted octanol–water partition coefficient (Wildman–Crippen LogP) is 2.00. The van der Waals surface area contributed by atoms with Crippen LogP contribution < -0.4 is 5.32 Å². The number of hydrogen-bond donors (Lipinski definition) is 1. The first-order chi connectivity index (χ1) is 8.47. The fourth-order valence-corrected chi connectivity index (χ4v) is 1.16. The highest BCUT2D eigenvalue weighted by Crippen LogP contribution is 2.21. The van der Waals surface area contributed by atoms with E-state index >= 15 is 0 Å². The van der Waals surface area contributed by atoms with Crippen LogP contribution in [0.5, 0.6) is 0 Å². The summed E-state index contributed by atoms with van der Waals surface area (Å²) in [5.41, 5.74) is -0.996. The highest BCUT2D eigenvalue weighted by atomic mass is 19.2. The zero-order valence-corrected chi connectivity index (χ0v) is 9.40. The fraction of sp³-hybridized carbons (Fsp3) is 0.400. The van der Waals surface area contributed by atoms with Gasteiger partial charge in [-0.2, -0.15) is 22.5 Å². The van der Waals surface area contributed by atoms with E-state index in [1.165, 1.54) is 0 Å². The molecule has 1 aromatic rings. The Balaban J connectivity index is 2.70. The normalized spacial score (nSPS) is 10.3. The van der Waals surface area contributed by atoms with Gasteiger partial charge in [-0.25, -0.2) is 0 Å². The molecule has 0 unspecified atom stereocenters. The third kappa shape index (κ3) is 3.31. The van der Waals surface area contributed by atoms with Gasteiger partial charge in [-0.15, -0.1) is 0 Å². The quantitative estimate of drug-likeness (QED) is 0.503. The van der Waals surface area contributed by atoms with Crippen LogP contribution in [0.3, 0.4) is 0 Å². The SMILES string of the molecule is CCOC(=O)CCNc1c(F)c(F)nc(F)c1F. The summed E-state index contributed by atoms with van der Waals surface area (Å²) < 4.78 is 56.1. The number of pyridine rings is 1. The molecule has 18 heavy (non-hydrogen) atoms. The Bertz CT molecular complexity index is 428. The molecule has 1 N–H and O–H groups in total. The van der Waals surface area contributed by atoms with Gasteiger partial charge in [0.25, 0.3) is 11.9 Å². The third-order valence-corrected chi connectivity index (χ3v) is 1.93. The first kappa shape index (κ1) is 14.2. The molecule has 0 aliphatic heterocycles. The fourth-order valence-electron chi connectivity index (χ4n) is 1.16. The van der Waals surface area contributed by atoms with E-state index < -0.39 is 35.2 Å². The van der Waals surface area contributed by atoms with Gasteiger partial charge in [-0.05, 0) is 6.92 Å². The Morgan fingerprint density at radius 1 is 1.22 bits per heavy atom. The highest BCUT2D eigenvalue weighted by molar-refractivity contribution is 5.70. The van der Waals surface area contributed by atoms with Crippen molar-refractivity contribution >= 4 is 11.7 Å². The molecule has 1 rings (SSSR count). The van der Waals surface area contributed by atoms with Crippen molar-refractivity contribution in [2.45, 2.75) is 13.3 Å². The minimum Gasteiger partial charge on any atom is -0.466 e. The zero-order chi connectivity index (χ0) is 13.7. The number of rotatable bonds is 5. The number of carbonyl (C=O) groups is 1. The Kier molecular flexibility index (Phi) is 4.87. The summed E-state index contributed by atoms with van der Waals surface area (Å²) in [5, 5.41) is 2.08. The maximum absolute atomic E-state index is 13.1. The lowest BCUT2D eigenvalue weighted by Gasteiger charge is -2.08. The topological polar surface area (TPSA) is 51.2 Å². The molecule has 0 saturated heterocycles. The summed E-state index contributed by atoms with van der Waals surface area (Å²) in [4.78, 5) is 13.3. The summed E-state index contributed by atoms with van der Waals surface area (Å²) in [6, 6.07) is 0. The predicted molar refractivity (Wildman–Crippen MR) is 53.8 cm³/mol. The van der Waals surface area contributed by atoms with Crippen molar-refractivity contribution < 1.29 is 27.1 Å². The molecule has 0 atom stereocenters. The number of anilines is 1. The molecule has 0 bridgehead atoms. The van der Waals surface area contributed by atoms with Crippen LogP contribution in [-0.2, 0) is 9.53 Å². The second-order valence-corrected chi connectivity index (χ2v) is 3.18. The molecule has 0 saturated carbocycles. The van der Waals surface area contributed by atoms with E-state index in [1.807, 2.05) is 0 Å². The van der Waals surface area contributed by atoms with E-state index in [9.17, 15) is 22.4 Å². The summed E-state index contributed by atoms with van der Waals surface area (Å²) >= 11 is 0. The molecular weight excluding hydrogens is 256 g/mol. The molecule has 0 aliphatic carbocycles. The van der Waals surface area contributed by atoms with Crippen LogP contribution >= 0.6 is 0 Å². The van der Waals surface area contributed by atoms with Crippen molar-refractivity contribution in [2.24, 2.45) is 0 Å². The largest absolute Gasteiger partial charge is 0.466 e. The maximum atomic E-state index is 13.1. The van der Waals surface area contributed by atoms with Crippen molar-refractivity contribution in [3.8, 4) is 0 Å². The smallest absolute Gasteiger partial charge is 0.307 e. The monoisotopic (exact) mass is 266 g/mol. The van der Waals surface area contributed by atoms with Gasteiger partial charge in [0.15, 0.2) is 0 Å². The number of aromatic nitrogens is 1. The van der Waals surface area contributed by atoms with Gasteiger partial charge in [-0.3, -0.25) is 4.79 Å². The van der Waals surface area contributed by atoms with E-state index in [2.05, 4.69) is 15.0 Å². The molecule has 0 aromatic carbocycles. The average molecular weight is 266 g/mol. The molecule has 0 aliphatic rings. The molecule has 100 valence electrons. The third-order valence-electron chi connectivity index (χ3n) is 1.93. The number of nitrogens with zero attached hydrogens (tertiary/aromatic N) is 1. The van der Waals surface area contributed by atoms with Crippen molar-refractivity contribution in [1.82, 2.24) is 4.98 Å². The van der Waals surface area contributed by atoms with Crippen LogP contribution in [0.4, 0.5) is 23.2 Å². The van der Waals surface area contributed by atoms with Crippen molar-refractivity contribution in [3.63, 3.8) is 0 Å². The molecule has 4 nitrogen and oxygen atoms in total. The standard InChI is InChI=1S/C10H10F4N2O2/c1-2-18-5(17)3-4-15-8-6(11)9(13)16-10(14)7(8)12/h2-4H2,1H3,(H,15,16). The second kappa shape index (κ2) is 6.18. The molecule has 1 aromatic heterocycles. The van der Waals surface area contributed by atoms with Crippen LogP contribution in [0.2, 0.25) is 0 Å². The first-order valence-electron chi connectivity index (χ1n) is 5.06. The number of hydrogen-bond acceptors (Lipinski definition) is 4. The average Bonchev–Trinajstić information content (AvgIpc) is 2.31. The van der Waals surface area contributed by atoms with Gasteiger partial charge >= 0.3 is 5.97 Å². The van der Waals surface area contributed by atoms with Crippen LogP contribution in [0.1, 0.15) is 13.3 Å². The van der Waals surface area contributed by atoms with E-state index in [0.717, 1.165) is 0 Å². The minimum absolute atomic E-state index is 0.167. The molecule has 0 spiro atoms. The minimum atomic E-state index is -1.76. The number of halogens is 4. The Hall–Kier alpha value is -1.86. The van der Waals surface area contributed by atoms with Gasteiger partial charge in [0.05, 0.1) is 13.0 Å². The van der Waals surface area contributed by atoms with Crippen LogP contribution in [0.15, 0.2) is 0 Å². The molecule has 8 heteroatoms. The van der Waals surface area contributed by atoms with E-state index in [0.29, 0.717) is 0 Å². The van der Waals surface area contributed by atoms with E-state index in [4.69, 9.17) is 0 Å². The Labute approximate surface area is 100.0 Å². The number of esters is 1. The lowest BCUT2D eigenvalue weighted by Crippen LogP contribution is -2.14. The lowest BCUT2D eigenvalue weighted by molar-refractivity contribution is -0.142. The van der Waals surface area contributed by atoms with E-state index in [-0.39, 0.29) is 19.6 Å². The molecule has 1 heterocycles. The van der Waals surface area contributed by atoms with Crippen molar-refractivity contribution in [3.05, 3.63) is 23.5 Å². The maximum Gasteiger partial charge on any atom is 0.307 e. The Morgan fingerprint density at radius 2 is 1.78 bits per heavy atom. The van der Waals surface area contributed by atoms with Gasteiger partial charge in [0, 0.05) is 6.54 Å². The van der Waals surface area contributed by atoms with Crippen molar-refractivity contribution in [1.29, 1.82) is 0 Å². The Morgan fingerprint density at radius 3 is 2.28 bits per heavy atom. The number of ether oxygens (including phenoxy) is 1. The summed E-state index contributed by atoms with van der Waals surface area (Å²) in [6.45, 7) is 1.54. The van der Waals surface area contributed by atoms with Crippen LogP contribution in [0, 0.1) is 23.5 Å². The number of carbonyl (C=O) groups excluding carboxylic acids is 1. The first-order valence-corrected chi connectivity index (χ1v) is 5.06. The lowest BCUT2D eigenvalue weighted by atomic mass is 10.3.